The molecular formula is C28H32O6. The predicted molar refractivity (Wildman–Crippen MR) is 128 cm³/mol. The molecule has 1 aliphatic rings. The first-order chi connectivity index (χ1) is 16.8. The van der Waals surface area contributed by atoms with Crippen molar-refractivity contribution in [2.45, 2.75) is 50.5 Å². The molecule has 4 rings (SSSR count). The van der Waals surface area contributed by atoms with Gasteiger partial charge in [-0.05, 0) is 16.7 Å². The van der Waals surface area contributed by atoms with E-state index in [1.54, 1.807) is 7.11 Å². The lowest BCUT2D eigenvalue weighted by molar-refractivity contribution is -0.321. The number of benzene rings is 3. The van der Waals surface area contributed by atoms with Crippen LogP contribution in [0.1, 0.15) is 16.7 Å². The van der Waals surface area contributed by atoms with E-state index in [-0.39, 0.29) is 6.61 Å². The largest absolute Gasteiger partial charge is 0.394 e. The van der Waals surface area contributed by atoms with Crippen molar-refractivity contribution in [1.29, 1.82) is 0 Å². The number of rotatable bonds is 11. The van der Waals surface area contributed by atoms with E-state index in [4.69, 9.17) is 23.7 Å². The van der Waals surface area contributed by atoms with E-state index >= 15 is 0 Å². The average Bonchev–Trinajstić information content (AvgIpc) is 2.91. The van der Waals surface area contributed by atoms with Gasteiger partial charge in [0.15, 0.2) is 6.29 Å². The Hall–Kier alpha value is -2.58. The maximum Gasteiger partial charge on any atom is 0.186 e. The van der Waals surface area contributed by atoms with E-state index in [2.05, 4.69) is 0 Å². The van der Waals surface area contributed by atoms with Crippen LogP contribution in [0.15, 0.2) is 91.0 Å². The van der Waals surface area contributed by atoms with E-state index in [1.807, 2.05) is 91.0 Å². The normalized spacial score (nSPS) is 24.7. The second-order valence-corrected chi connectivity index (χ2v) is 8.24. The molecule has 0 saturated carbocycles. The van der Waals surface area contributed by atoms with Crippen LogP contribution >= 0.6 is 0 Å². The number of ether oxygens (including phenoxy) is 5. The Labute approximate surface area is 201 Å². The maximum atomic E-state index is 10.1. The predicted octanol–water partition coefficient (Wildman–Crippen LogP) is 4.11. The van der Waals surface area contributed by atoms with Crippen molar-refractivity contribution in [2.24, 2.45) is 0 Å². The molecule has 34 heavy (non-hydrogen) atoms. The van der Waals surface area contributed by atoms with Gasteiger partial charge in [-0.25, -0.2) is 0 Å². The molecule has 1 fully saturated rings. The van der Waals surface area contributed by atoms with Crippen LogP contribution in [0.4, 0.5) is 0 Å². The molecule has 1 aliphatic heterocycles. The zero-order chi connectivity index (χ0) is 23.6. The van der Waals surface area contributed by atoms with Gasteiger partial charge in [-0.2, -0.15) is 0 Å². The Morgan fingerprint density at radius 1 is 0.618 bits per heavy atom. The van der Waals surface area contributed by atoms with Gasteiger partial charge in [0.2, 0.25) is 0 Å². The van der Waals surface area contributed by atoms with E-state index in [9.17, 15) is 5.11 Å². The number of hydrogen-bond acceptors (Lipinski definition) is 6. The SMILES string of the molecule is CO[C@@H]1O[C@H](CO)[C@H](OCc2ccccc2)[C@H](OCc2ccccc2)[C@H]1OCc1ccccc1. The van der Waals surface area contributed by atoms with Crippen molar-refractivity contribution in [1.82, 2.24) is 0 Å². The van der Waals surface area contributed by atoms with Gasteiger partial charge in [0.1, 0.15) is 24.4 Å². The van der Waals surface area contributed by atoms with Crippen LogP contribution in [-0.4, -0.2) is 49.5 Å². The van der Waals surface area contributed by atoms with Crippen molar-refractivity contribution < 1.29 is 28.8 Å². The number of methoxy groups -OCH3 is 1. The minimum Gasteiger partial charge on any atom is -0.394 e. The molecule has 0 unspecified atom stereocenters. The van der Waals surface area contributed by atoms with E-state index in [0.29, 0.717) is 19.8 Å². The van der Waals surface area contributed by atoms with Crippen LogP contribution in [0.5, 0.6) is 0 Å². The summed E-state index contributed by atoms with van der Waals surface area (Å²) in [5.41, 5.74) is 3.09. The summed E-state index contributed by atoms with van der Waals surface area (Å²) in [5, 5.41) is 10.1. The van der Waals surface area contributed by atoms with Crippen LogP contribution in [0, 0.1) is 0 Å². The van der Waals surface area contributed by atoms with Crippen molar-refractivity contribution in [2.75, 3.05) is 13.7 Å². The third-order valence-electron chi connectivity index (χ3n) is 5.86. The lowest BCUT2D eigenvalue weighted by Gasteiger charge is -2.45. The lowest BCUT2D eigenvalue weighted by atomic mass is 9.98. The molecule has 180 valence electrons. The quantitative estimate of drug-likeness (QED) is 0.461. The van der Waals surface area contributed by atoms with Crippen molar-refractivity contribution in [3.05, 3.63) is 108 Å². The number of hydrogen-bond donors (Lipinski definition) is 1. The fourth-order valence-corrected chi connectivity index (χ4v) is 4.08. The molecule has 3 aromatic rings. The van der Waals surface area contributed by atoms with Gasteiger partial charge in [0, 0.05) is 7.11 Å². The highest BCUT2D eigenvalue weighted by Crippen LogP contribution is 2.30. The summed E-state index contributed by atoms with van der Waals surface area (Å²) in [6.45, 7) is 0.876. The highest BCUT2D eigenvalue weighted by Gasteiger charge is 2.48. The minimum absolute atomic E-state index is 0.226. The molecule has 0 spiro atoms. The molecule has 5 atom stereocenters. The third-order valence-corrected chi connectivity index (χ3v) is 5.86. The Morgan fingerprint density at radius 2 is 1.03 bits per heavy atom. The van der Waals surface area contributed by atoms with Crippen molar-refractivity contribution >= 4 is 0 Å². The van der Waals surface area contributed by atoms with E-state index in [1.165, 1.54) is 0 Å². The summed E-state index contributed by atoms with van der Waals surface area (Å²) in [7, 11) is 1.57. The monoisotopic (exact) mass is 464 g/mol. The van der Waals surface area contributed by atoms with Gasteiger partial charge in [-0.3, -0.25) is 0 Å². The summed E-state index contributed by atoms with van der Waals surface area (Å²) in [6.07, 6.45) is -2.97. The molecule has 6 heteroatoms. The summed E-state index contributed by atoms with van der Waals surface area (Å²) in [5.74, 6) is 0. The first-order valence-corrected chi connectivity index (χ1v) is 11.5. The van der Waals surface area contributed by atoms with E-state index < -0.39 is 30.7 Å². The molecule has 6 nitrogen and oxygen atoms in total. The highest BCUT2D eigenvalue weighted by molar-refractivity contribution is 5.15. The Kier molecular flexibility index (Phi) is 9.21. The zero-order valence-corrected chi connectivity index (χ0v) is 19.4. The van der Waals surface area contributed by atoms with Crippen molar-refractivity contribution in [3.63, 3.8) is 0 Å². The molecule has 0 aliphatic carbocycles. The van der Waals surface area contributed by atoms with Gasteiger partial charge >= 0.3 is 0 Å². The second kappa shape index (κ2) is 12.8. The van der Waals surface area contributed by atoms with Gasteiger partial charge in [0.25, 0.3) is 0 Å². The zero-order valence-electron chi connectivity index (χ0n) is 19.4. The average molecular weight is 465 g/mol. The summed E-state index contributed by atoms with van der Waals surface area (Å²) < 4.78 is 30.7. The van der Waals surface area contributed by atoms with Crippen LogP contribution in [0.2, 0.25) is 0 Å². The van der Waals surface area contributed by atoms with Gasteiger partial charge in [-0.1, -0.05) is 91.0 Å². The summed E-state index contributed by atoms with van der Waals surface area (Å²) >= 11 is 0. The molecule has 0 aromatic heterocycles. The lowest BCUT2D eigenvalue weighted by Crippen LogP contribution is -2.61. The standard InChI is InChI=1S/C28H32O6/c1-30-28-27(33-20-23-15-9-4-10-16-23)26(32-19-22-13-7-3-8-14-22)25(24(17-29)34-28)31-18-21-11-5-2-6-12-21/h2-16,24-29H,17-20H2,1H3/t24-,25+,26+,27-,28-/m1/s1. The Morgan fingerprint density at radius 3 is 1.44 bits per heavy atom. The second-order valence-electron chi connectivity index (χ2n) is 8.24. The van der Waals surface area contributed by atoms with Crippen molar-refractivity contribution in [3.8, 4) is 0 Å². The molecule has 1 N–H and O–H groups in total. The topological polar surface area (TPSA) is 66.4 Å². The molecule has 0 radical (unpaired) electrons. The molecular weight excluding hydrogens is 432 g/mol. The van der Waals surface area contributed by atoms with Crippen LogP contribution in [0.25, 0.3) is 0 Å². The Bertz CT molecular complexity index is 895. The van der Waals surface area contributed by atoms with Gasteiger partial charge in [-0.15, -0.1) is 0 Å². The van der Waals surface area contributed by atoms with E-state index in [0.717, 1.165) is 16.7 Å². The van der Waals surface area contributed by atoms with Crippen LogP contribution in [0.3, 0.4) is 0 Å². The summed E-state index contributed by atoms with van der Waals surface area (Å²) in [6, 6.07) is 29.8. The fraction of sp³-hybridized carbons (Fsp3) is 0.357. The van der Waals surface area contributed by atoms with Crippen LogP contribution in [-0.2, 0) is 43.5 Å². The summed E-state index contributed by atoms with van der Waals surface area (Å²) in [4.78, 5) is 0. The molecule has 1 heterocycles. The Balaban J connectivity index is 1.56. The first kappa shape index (κ1) is 24.5. The number of aliphatic hydroxyl groups is 1. The molecule has 1 saturated heterocycles. The smallest absolute Gasteiger partial charge is 0.186 e. The minimum atomic E-state index is -0.710. The fourth-order valence-electron chi connectivity index (χ4n) is 4.08. The third kappa shape index (κ3) is 6.51. The molecule has 0 amide bonds. The first-order valence-electron chi connectivity index (χ1n) is 11.5. The van der Waals surface area contributed by atoms with Crippen LogP contribution < -0.4 is 0 Å². The van der Waals surface area contributed by atoms with Gasteiger partial charge in [0.05, 0.1) is 26.4 Å². The maximum absolute atomic E-state index is 10.1. The highest BCUT2D eigenvalue weighted by atomic mass is 16.7. The molecule has 3 aromatic carbocycles. The number of aliphatic hydroxyl groups excluding tert-OH is 1. The van der Waals surface area contributed by atoms with Gasteiger partial charge < -0.3 is 28.8 Å². The molecule has 0 bridgehead atoms.